The molecule has 0 radical (unpaired) electrons. The number of esters is 3. The smallest absolute Gasteiger partial charge is 0.306 e. The molecule has 0 aliphatic carbocycles. The van der Waals surface area contributed by atoms with E-state index < -0.39 is 6.10 Å². The maximum Gasteiger partial charge on any atom is 0.306 e. The molecule has 0 aliphatic heterocycles. The summed E-state index contributed by atoms with van der Waals surface area (Å²) in [6.07, 6.45) is 66.8. The minimum atomic E-state index is -0.765. The number of hydrogen-bond acceptors (Lipinski definition) is 6. The van der Waals surface area contributed by atoms with Gasteiger partial charge in [-0.3, -0.25) is 14.4 Å². The lowest BCUT2D eigenvalue weighted by Gasteiger charge is -2.18. The van der Waals surface area contributed by atoms with Gasteiger partial charge in [0.2, 0.25) is 0 Å². The van der Waals surface area contributed by atoms with E-state index in [1.54, 1.807) is 0 Å². The second-order valence-electron chi connectivity index (χ2n) is 24.8. The van der Waals surface area contributed by atoms with Crippen molar-refractivity contribution in [2.45, 2.75) is 394 Å². The molecule has 0 aliphatic rings. The van der Waals surface area contributed by atoms with E-state index in [4.69, 9.17) is 14.2 Å². The predicted octanol–water partition coefficient (Wildman–Crippen LogP) is 23.0. The lowest BCUT2D eigenvalue weighted by Crippen LogP contribution is -2.30. The molecule has 6 nitrogen and oxygen atoms in total. The van der Waals surface area contributed by atoms with Crippen molar-refractivity contribution in [3.63, 3.8) is 0 Å². The summed E-state index contributed by atoms with van der Waals surface area (Å²) in [5.41, 5.74) is 0. The van der Waals surface area contributed by atoms with E-state index in [9.17, 15) is 14.4 Å². The van der Waals surface area contributed by atoms with Gasteiger partial charge in [0.15, 0.2) is 6.10 Å². The zero-order valence-corrected chi connectivity index (χ0v) is 51.9. The third kappa shape index (κ3) is 59.9. The fourth-order valence-electron chi connectivity index (χ4n) is 10.7. The second-order valence-corrected chi connectivity index (χ2v) is 24.8. The standard InChI is InChI=1S/C69H134O6/c1-7-64(5)56-50-44-38-32-26-22-18-14-10-12-16-20-24-28-35-41-47-53-59-68(71)74-62-66(75-69(72)60-54-48-42-36-30-29-33-39-45-51-57-65(6)8-2)61-73-67(70)58-52-46-40-34-27-23-19-15-11-9-13-17-21-25-31-37-43-49-55-63(3)4/h63-66H,7-62H2,1-6H3/t64?,65?,66-/m1/s1. The number of rotatable bonds is 62. The predicted molar refractivity (Wildman–Crippen MR) is 326 cm³/mol. The lowest BCUT2D eigenvalue weighted by molar-refractivity contribution is -0.167. The fourth-order valence-corrected chi connectivity index (χ4v) is 10.7. The normalized spacial score (nSPS) is 12.8. The van der Waals surface area contributed by atoms with Crippen molar-refractivity contribution in [1.29, 1.82) is 0 Å². The van der Waals surface area contributed by atoms with Crippen molar-refractivity contribution in [2.24, 2.45) is 17.8 Å². The van der Waals surface area contributed by atoms with Crippen molar-refractivity contribution in [2.75, 3.05) is 13.2 Å². The highest BCUT2D eigenvalue weighted by Gasteiger charge is 2.20. The molecule has 0 saturated heterocycles. The molecule has 0 amide bonds. The maximum atomic E-state index is 12.9. The van der Waals surface area contributed by atoms with Crippen LogP contribution in [0.4, 0.5) is 0 Å². The second kappa shape index (κ2) is 60.1. The van der Waals surface area contributed by atoms with Crippen LogP contribution in [0.1, 0.15) is 388 Å². The molecule has 2 unspecified atom stereocenters. The number of unbranched alkanes of at least 4 members (excludes halogenated alkanes) is 43. The van der Waals surface area contributed by atoms with Crippen molar-refractivity contribution in [3.05, 3.63) is 0 Å². The minimum Gasteiger partial charge on any atom is -0.462 e. The summed E-state index contributed by atoms with van der Waals surface area (Å²) in [6, 6.07) is 0. The van der Waals surface area contributed by atoms with Gasteiger partial charge in [0.25, 0.3) is 0 Å². The molecule has 0 saturated carbocycles. The van der Waals surface area contributed by atoms with E-state index in [1.807, 2.05) is 0 Å². The Hall–Kier alpha value is -1.59. The SMILES string of the molecule is CCC(C)CCCCCCCCCCCCCCCCCCCCC(=O)OC[C@@H](COC(=O)CCCCCCCCCCCCCCCCCCCCC(C)C)OC(=O)CCCCCCCCCCCCC(C)CC. The van der Waals surface area contributed by atoms with Gasteiger partial charge >= 0.3 is 17.9 Å². The van der Waals surface area contributed by atoms with E-state index in [0.717, 1.165) is 75.5 Å². The molecule has 0 spiro atoms. The van der Waals surface area contributed by atoms with Gasteiger partial charge in [0.05, 0.1) is 0 Å². The molecule has 3 atom stereocenters. The molecule has 6 heteroatoms. The van der Waals surface area contributed by atoms with Crippen LogP contribution in [-0.2, 0) is 28.6 Å². The summed E-state index contributed by atoms with van der Waals surface area (Å²) in [5.74, 6) is 1.80. The quantitative estimate of drug-likeness (QED) is 0.0343. The zero-order valence-electron chi connectivity index (χ0n) is 51.9. The molecule has 0 fully saturated rings. The highest BCUT2D eigenvalue weighted by Crippen LogP contribution is 2.20. The van der Waals surface area contributed by atoms with Gasteiger partial charge in [-0.1, -0.05) is 350 Å². The zero-order chi connectivity index (χ0) is 54.8. The van der Waals surface area contributed by atoms with Crippen LogP contribution in [0.2, 0.25) is 0 Å². The van der Waals surface area contributed by atoms with Gasteiger partial charge in [0, 0.05) is 19.3 Å². The fraction of sp³-hybridized carbons (Fsp3) is 0.957. The Balaban J connectivity index is 4.23. The number of carbonyl (C=O) groups excluding carboxylic acids is 3. The molecule has 0 rings (SSSR count). The first-order chi connectivity index (χ1) is 36.7. The first-order valence-electron chi connectivity index (χ1n) is 34.2. The number of carbonyl (C=O) groups is 3. The van der Waals surface area contributed by atoms with Crippen LogP contribution in [0.5, 0.6) is 0 Å². The van der Waals surface area contributed by atoms with Crippen LogP contribution in [-0.4, -0.2) is 37.2 Å². The van der Waals surface area contributed by atoms with Gasteiger partial charge in [0.1, 0.15) is 13.2 Å². The number of ether oxygens (including phenoxy) is 3. The third-order valence-electron chi connectivity index (χ3n) is 16.6. The summed E-state index contributed by atoms with van der Waals surface area (Å²) in [7, 11) is 0. The molecule has 0 aromatic rings. The van der Waals surface area contributed by atoms with Crippen LogP contribution in [0.25, 0.3) is 0 Å². The largest absolute Gasteiger partial charge is 0.462 e. The van der Waals surface area contributed by atoms with E-state index in [1.165, 1.54) is 270 Å². The van der Waals surface area contributed by atoms with E-state index in [-0.39, 0.29) is 31.1 Å². The molecular formula is C69H134O6. The van der Waals surface area contributed by atoms with Crippen molar-refractivity contribution in [3.8, 4) is 0 Å². The Kier molecular flexibility index (Phi) is 58.8. The summed E-state index contributed by atoms with van der Waals surface area (Å²) < 4.78 is 17.0. The van der Waals surface area contributed by atoms with Gasteiger partial charge in [-0.25, -0.2) is 0 Å². The Morgan fingerprint density at radius 1 is 0.267 bits per heavy atom. The van der Waals surface area contributed by atoms with E-state index in [2.05, 4.69) is 41.5 Å². The summed E-state index contributed by atoms with van der Waals surface area (Å²) in [4.78, 5) is 38.4. The maximum absolute atomic E-state index is 12.9. The van der Waals surface area contributed by atoms with Crippen molar-refractivity contribution >= 4 is 17.9 Å². The highest BCUT2D eigenvalue weighted by atomic mass is 16.6. The first kappa shape index (κ1) is 73.4. The molecule has 75 heavy (non-hydrogen) atoms. The van der Waals surface area contributed by atoms with Crippen LogP contribution in [0, 0.1) is 17.8 Å². The molecule has 0 heterocycles. The molecule has 446 valence electrons. The molecule has 0 N–H and O–H groups in total. The summed E-state index contributed by atoms with van der Waals surface area (Å²) in [5, 5.41) is 0. The Morgan fingerprint density at radius 3 is 0.693 bits per heavy atom. The van der Waals surface area contributed by atoms with Gasteiger partial charge < -0.3 is 14.2 Å². The Morgan fingerprint density at radius 2 is 0.467 bits per heavy atom. The van der Waals surface area contributed by atoms with Gasteiger partial charge in [-0.15, -0.1) is 0 Å². The minimum absolute atomic E-state index is 0.0624. The van der Waals surface area contributed by atoms with Crippen LogP contribution in [0.15, 0.2) is 0 Å². The lowest BCUT2D eigenvalue weighted by atomic mass is 9.99. The molecule has 0 bridgehead atoms. The summed E-state index contributed by atoms with van der Waals surface area (Å²) >= 11 is 0. The van der Waals surface area contributed by atoms with Crippen LogP contribution >= 0.6 is 0 Å². The first-order valence-corrected chi connectivity index (χ1v) is 34.2. The van der Waals surface area contributed by atoms with Crippen molar-refractivity contribution < 1.29 is 28.6 Å². The van der Waals surface area contributed by atoms with E-state index >= 15 is 0 Å². The topological polar surface area (TPSA) is 78.9 Å². The van der Waals surface area contributed by atoms with Gasteiger partial charge in [-0.05, 0) is 37.0 Å². The molecule has 0 aromatic carbocycles. The van der Waals surface area contributed by atoms with Gasteiger partial charge in [-0.2, -0.15) is 0 Å². The number of hydrogen-bond donors (Lipinski definition) is 0. The molecule has 0 aromatic heterocycles. The monoisotopic (exact) mass is 1060 g/mol. The van der Waals surface area contributed by atoms with Crippen molar-refractivity contribution in [1.82, 2.24) is 0 Å². The average Bonchev–Trinajstić information content (AvgIpc) is 3.40. The van der Waals surface area contributed by atoms with Crippen LogP contribution < -0.4 is 0 Å². The van der Waals surface area contributed by atoms with E-state index in [0.29, 0.717) is 19.3 Å². The van der Waals surface area contributed by atoms with Crippen LogP contribution in [0.3, 0.4) is 0 Å². The third-order valence-corrected chi connectivity index (χ3v) is 16.6. The summed E-state index contributed by atoms with van der Waals surface area (Å²) in [6.45, 7) is 13.9. The highest BCUT2D eigenvalue weighted by molar-refractivity contribution is 5.71. The Bertz CT molecular complexity index is 1170. The molecular weight excluding hydrogens is 925 g/mol. The Labute approximate surface area is 469 Å². The average molecular weight is 1060 g/mol.